The van der Waals surface area contributed by atoms with Crippen LogP contribution in [0.2, 0.25) is 0 Å². The van der Waals surface area contributed by atoms with Gasteiger partial charge in [-0.15, -0.1) is 0 Å². The van der Waals surface area contributed by atoms with Crippen LogP contribution in [0.25, 0.3) is 0 Å². The summed E-state index contributed by atoms with van der Waals surface area (Å²) in [6.07, 6.45) is 3.87. The quantitative estimate of drug-likeness (QED) is 0.0990. The molecule has 4 fully saturated rings. The van der Waals surface area contributed by atoms with Crippen molar-refractivity contribution in [2.24, 2.45) is 11.8 Å². The van der Waals surface area contributed by atoms with Crippen molar-refractivity contribution < 1.29 is 33.0 Å². The maximum atomic E-state index is 15.9. The minimum absolute atomic E-state index is 0.146. The van der Waals surface area contributed by atoms with Crippen LogP contribution in [0.4, 0.5) is 42.9 Å². The Hall–Kier alpha value is -6.65. The molecular weight excluding hydrogens is 875 g/mol. The third-order valence-electron chi connectivity index (χ3n) is 14.7. The van der Waals surface area contributed by atoms with Gasteiger partial charge in [-0.05, 0) is 85.0 Å². The van der Waals surface area contributed by atoms with Crippen LogP contribution in [0.3, 0.4) is 0 Å². The molecule has 4 aromatic rings. The topological polar surface area (TPSA) is 157 Å². The zero-order valence-corrected chi connectivity index (χ0v) is 39.2. The molecule has 4 aliphatic heterocycles. The average molecular weight is 935 g/mol. The Morgan fingerprint density at radius 3 is 1.15 bits per heavy atom. The average Bonchev–Trinajstić information content (AvgIpc) is 3.35. The molecule has 15 nitrogen and oxygen atoms in total. The molecule has 0 aliphatic carbocycles. The van der Waals surface area contributed by atoms with Gasteiger partial charge >= 0.3 is 0 Å². The number of nitrogens with zero attached hydrogens (tertiary/aromatic N) is 8. The molecule has 4 heterocycles. The summed E-state index contributed by atoms with van der Waals surface area (Å²) in [7, 11) is 0. The first-order valence-corrected chi connectivity index (χ1v) is 23.9. The van der Waals surface area contributed by atoms with E-state index in [0.717, 1.165) is 51.9 Å². The van der Waals surface area contributed by atoms with Crippen LogP contribution in [-0.4, -0.2) is 116 Å². The summed E-state index contributed by atoms with van der Waals surface area (Å²) in [4.78, 5) is 75.3. The fraction of sp³-hybridized carbons (Fsp3) is 0.471. The summed E-state index contributed by atoms with van der Waals surface area (Å²) in [5.74, 6) is -2.07. The second-order valence-corrected chi connectivity index (χ2v) is 19.1. The van der Waals surface area contributed by atoms with Crippen LogP contribution < -0.4 is 19.6 Å². The lowest BCUT2D eigenvalue weighted by Crippen LogP contribution is -2.49. The molecule has 360 valence electrons. The van der Waals surface area contributed by atoms with Gasteiger partial charge in [-0.2, -0.15) is 0 Å². The van der Waals surface area contributed by atoms with Crippen molar-refractivity contribution in [2.75, 3.05) is 98.1 Å². The largest absolute Gasteiger partial charge is 0.371 e. The predicted molar refractivity (Wildman–Crippen MR) is 258 cm³/mol. The van der Waals surface area contributed by atoms with Crippen molar-refractivity contribution in [1.82, 2.24) is 9.80 Å². The molecule has 4 aromatic carbocycles. The van der Waals surface area contributed by atoms with Gasteiger partial charge in [0.1, 0.15) is 17.4 Å². The van der Waals surface area contributed by atoms with Crippen LogP contribution >= 0.6 is 0 Å². The number of anilines is 4. The lowest BCUT2D eigenvalue weighted by Gasteiger charge is -2.38. The number of nitro benzene ring substituents is 2. The number of amides is 2. The van der Waals surface area contributed by atoms with Crippen LogP contribution in [0.5, 0.6) is 0 Å². The maximum absolute atomic E-state index is 15.9. The number of rotatable bonds is 12. The van der Waals surface area contributed by atoms with Crippen molar-refractivity contribution in [2.45, 2.75) is 65.2 Å². The van der Waals surface area contributed by atoms with Gasteiger partial charge in [0.15, 0.2) is 0 Å². The Morgan fingerprint density at radius 2 is 0.824 bits per heavy atom. The van der Waals surface area contributed by atoms with Crippen LogP contribution in [-0.2, 0) is 4.79 Å². The molecule has 0 saturated carbocycles. The summed E-state index contributed by atoms with van der Waals surface area (Å²) in [5.41, 5.74) is 3.34. The summed E-state index contributed by atoms with van der Waals surface area (Å²) in [6, 6.07) is 18.4. The molecule has 17 heteroatoms. The number of piperazine rings is 2. The normalized spacial score (nSPS) is 18.4. The summed E-state index contributed by atoms with van der Waals surface area (Å²) in [6.45, 7) is 13.4. The van der Waals surface area contributed by atoms with Crippen molar-refractivity contribution >= 4 is 51.7 Å². The fourth-order valence-electron chi connectivity index (χ4n) is 10.1. The number of piperidine rings is 2. The Morgan fingerprint density at radius 1 is 0.500 bits per heavy atom. The highest BCUT2D eigenvalue weighted by Crippen LogP contribution is 2.35. The van der Waals surface area contributed by atoms with E-state index in [0.29, 0.717) is 109 Å². The number of carbonyl (C=O) groups is 3. The number of Topliss-reactive ketones (excluding diaryl/α,β-unsaturated/α-hetero) is 1. The zero-order chi connectivity index (χ0) is 48.4. The molecule has 0 radical (unpaired) electrons. The SMILES string of the molecule is CC1CCN(c2ccc([N+](=O)[O-])cc2C(=O)N2CCN(c3ccc(C(C)C(=O)C(C)c4ccc(N5CCN(C(=O)c6cc([N+](=O)[O-])ccc6N6CCC(C)CC6)CC5)c(F)c4)cc3F)CC2)CC1. The first-order valence-electron chi connectivity index (χ1n) is 23.9. The van der Waals surface area contributed by atoms with Gasteiger partial charge in [0.25, 0.3) is 23.2 Å². The van der Waals surface area contributed by atoms with E-state index in [2.05, 4.69) is 23.6 Å². The highest BCUT2D eigenvalue weighted by atomic mass is 19.1. The number of non-ortho nitro benzene ring substituents is 2. The molecule has 2 unspecified atom stereocenters. The third-order valence-corrected chi connectivity index (χ3v) is 14.7. The molecule has 4 saturated heterocycles. The lowest BCUT2D eigenvalue weighted by molar-refractivity contribution is -0.385. The lowest BCUT2D eigenvalue weighted by atomic mass is 9.85. The predicted octanol–water partition coefficient (Wildman–Crippen LogP) is 8.65. The number of nitro groups is 2. The van der Waals surface area contributed by atoms with E-state index < -0.39 is 33.3 Å². The van der Waals surface area contributed by atoms with Crippen LogP contribution in [0.15, 0.2) is 72.8 Å². The van der Waals surface area contributed by atoms with E-state index in [-0.39, 0.29) is 29.0 Å². The van der Waals surface area contributed by atoms with Gasteiger partial charge in [-0.1, -0.05) is 39.8 Å². The van der Waals surface area contributed by atoms with E-state index in [1.54, 1.807) is 60.0 Å². The number of ketones is 1. The fourth-order valence-corrected chi connectivity index (χ4v) is 10.1. The summed E-state index contributed by atoms with van der Waals surface area (Å²) >= 11 is 0. The van der Waals surface area contributed by atoms with E-state index in [1.807, 2.05) is 9.80 Å². The number of hydrogen-bond acceptors (Lipinski definition) is 11. The highest BCUT2D eigenvalue weighted by molar-refractivity contribution is 6.01. The van der Waals surface area contributed by atoms with Crippen molar-refractivity contribution in [3.63, 3.8) is 0 Å². The van der Waals surface area contributed by atoms with Crippen molar-refractivity contribution in [3.05, 3.63) is 127 Å². The van der Waals surface area contributed by atoms with Gasteiger partial charge < -0.3 is 29.4 Å². The molecule has 68 heavy (non-hydrogen) atoms. The van der Waals surface area contributed by atoms with E-state index in [4.69, 9.17) is 0 Å². The molecule has 4 aliphatic rings. The minimum atomic E-state index is -0.700. The first kappa shape index (κ1) is 47.8. The van der Waals surface area contributed by atoms with Gasteiger partial charge in [0.05, 0.1) is 43.7 Å². The minimum Gasteiger partial charge on any atom is -0.371 e. The smallest absolute Gasteiger partial charge is 0.270 e. The van der Waals surface area contributed by atoms with Crippen LogP contribution in [0, 0.1) is 43.7 Å². The second-order valence-electron chi connectivity index (χ2n) is 19.1. The molecule has 2 amide bonds. The van der Waals surface area contributed by atoms with Crippen molar-refractivity contribution in [1.29, 1.82) is 0 Å². The van der Waals surface area contributed by atoms with Gasteiger partial charge in [0, 0.05) is 115 Å². The van der Waals surface area contributed by atoms with Gasteiger partial charge in [-0.3, -0.25) is 34.6 Å². The summed E-state index contributed by atoms with van der Waals surface area (Å²) in [5, 5.41) is 23.3. The monoisotopic (exact) mass is 934 g/mol. The molecule has 0 aromatic heterocycles. The Labute approximate surface area is 395 Å². The van der Waals surface area contributed by atoms with E-state index in [1.165, 1.54) is 36.4 Å². The van der Waals surface area contributed by atoms with E-state index in [9.17, 15) is 34.6 Å². The highest BCUT2D eigenvalue weighted by Gasteiger charge is 2.32. The number of benzene rings is 4. The molecule has 0 bridgehead atoms. The van der Waals surface area contributed by atoms with Crippen molar-refractivity contribution in [3.8, 4) is 0 Å². The first-order chi connectivity index (χ1) is 32.6. The van der Waals surface area contributed by atoms with Gasteiger partial charge in [-0.25, -0.2) is 8.78 Å². The van der Waals surface area contributed by atoms with Crippen LogP contribution in [0.1, 0.15) is 97.1 Å². The molecule has 0 spiro atoms. The number of hydrogen-bond donors (Lipinski definition) is 0. The molecular formula is C51H60F2N8O7. The molecule has 2 atom stereocenters. The Bertz CT molecular complexity index is 2390. The number of halogens is 2. The Balaban J connectivity index is 0.867. The summed E-state index contributed by atoms with van der Waals surface area (Å²) < 4.78 is 31.8. The zero-order valence-electron chi connectivity index (χ0n) is 39.2. The standard InChI is InChI=1S/C51H60F2N8O7/c1-33-13-17-54(18-14-33)45-11-7-39(60(65)66)31-41(45)50(63)58-25-21-56(22-26-58)47-9-5-37(29-43(47)52)35(3)49(62)36(4)38-6-10-48(44(53)30-38)57-23-27-59(28-24-57)51(64)42-32-40(61(67)68)8-12-46(42)55-19-15-34(2)16-20-55/h5-12,29-36H,13-28H2,1-4H3. The van der Waals surface area contributed by atoms with Gasteiger partial charge in [0.2, 0.25) is 0 Å². The maximum Gasteiger partial charge on any atom is 0.270 e. The second kappa shape index (κ2) is 20.3. The molecule has 8 rings (SSSR count). The molecule has 0 N–H and O–H groups in total. The van der Waals surface area contributed by atoms with E-state index >= 15 is 8.78 Å². The number of carbonyl (C=O) groups excluding carboxylic acids is 3. The Kier molecular flexibility index (Phi) is 14.3. The third kappa shape index (κ3) is 10.1.